The van der Waals surface area contributed by atoms with Crippen LogP contribution >= 0.6 is 0 Å². The van der Waals surface area contributed by atoms with Crippen LogP contribution in [0.1, 0.15) is 105 Å². The van der Waals surface area contributed by atoms with Crippen molar-refractivity contribution in [2.75, 3.05) is 26.9 Å². The van der Waals surface area contributed by atoms with Gasteiger partial charge in [-0.2, -0.15) is 0 Å². The van der Waals surface area contributed by atoms with Gasteiger partial charge in [-0.3, -0.25) is 0 Å². The molecule has 9 atom stereocenters. The molecule has 3 aliphatic carbocycles. The smallest absolute Gasteiger partial charge is 0.410 e. The van der Waals surface area contributed by atoms with Crippen molar-refractivity contribution in [1.82, 2.24) is 4.90 Å². The maximum absolute atomic E-state index is 13.8. The summed E-state index contributed by atoms with van der Waals surface area (Å²) in [6, 6.07) is 0.127. The number of methoxy groups -OCH3 is 1. The Morgan fingerprint density at radius 3 is 2.26 bits per heavy atom. The second-order valence-corrected chi connectivity index (χ2v) is 12.8. The normalized spacial score (nSPS) is 35.2. The van der Waals surface area contributed by atoms with Crippen molar-refractivity contribution in [3.63, 3.8) is 0 Å². The number of amides is 1. The van der Waals surface area contributed by atoms with Gasteiger partial charge in [0, 0.05) is 32.3 Å². The topological polar surface area (TPSA) is 83.2 Å². The van der Waals surface area contributed by atoms with E-state index in [-0.39, 0.29) is 42.6 Å². The van der Waals surface area contributed by atoms with E-state index in [1.807, 2.05) is 11.8 Å². The third-order valence-electron chi connectivity index (χ3n) is 9.59. The van der Waals surface area contributed by atoms with E-state index in [1.54, 1.807) is 7.11 Å². The fourth-order valence-electron chi connectivity index (χ4n) is 7.28. The number of hydrogen-bond acceptors (Lipinski definition) is 6. The zero-order valence-corrected chi connectivity index (χ0v) is 25.2. The minimum atomic E-state index is -0.175. The van der Waals surface area contributed by atoms with Crippen LogP contribution in [0, 0.1) is 23.7 Å². The molecule has 7 nitrogen and oxygen atoms in total. The third-order valence-corrected chi connectivity index (χ3v) is 9.59. The standard InChI is InChI=1S/C31H58N2O5/c1-7-36-28-10-8-9-11-29(28)37-17-16-33(23(5)19-24-13-15-27(35-6)26(32)20-24)31(34)38-30-18-22(4)12-14-25(30)21(2)3/h21-30H,7-20,32H2,1-6H3/t22-,23+,24?,25+,26?,27?,28?,29?,30?/m1/s1. The molecule has 0 heterocycles. The Bertz CT molecular complexity index is 689. The summed E-state index contributed by atoms with van der Waals surface area (Å²) in [5.41, 5.74) is 6.41. The maximum atomic E-state index is 13.8. The third kappa shape index (κ3) is 9.07. The van der Waals surface area contributed by atoms with Crippen LogP contribution in [0.3, 0.4) is 0 Å². The number of hydrogen-bond donors (Lipinski definition) is 1. The second kappa shape index (κ2) is 15.8. The van der Waals surface area contributed by atoms with Crippen LogP contribution in [-0.4, -0.2) is 74.4 Å². The lowest BCUT2D eigenvalue weighted by atomic mass is 9.75. The molecule has 0 radical (unpaired) electrons. The van der Waals surface area contributed by atoms with Crippen LogP contribution in [0.5, 0.6) is 0 Å². The molecule has 3 aliphatic rings. The van der Waals surface area contributed by atoms with Crippen molar-refractivity contribution in [2.24, 2.45) is 29.4 Å². The molecule has 0 aromatic carbocycles. The first kappa shape index (κ1) is 31.6. The average molecular weight is 539 g/mol. The summed E-state index contributed by atoms with van der Waals surface area (Å²) in [5.74, 6) is 2.02. The molecule has 7 heteroatoms. The Kier molecular flexibility index (Phi) is 13.1. The molecule has 6 unspecified atom stereocenters. The number of carbonyl (C=O) groups is 1. The molecule has 0 saturated heterocycles. The summed E-state index contributed by atoms with van der Waals surface area (Å²) in [5, 5.41) is 0. The Balaban J connectivity index is 1.64. The van der Waals surface area contributed by atoms with Gasteiger partial charge in [0.15, 0.2) is 0 Å². The van der Waals surface area contributed by atoms with Crippen LogP contribution < -0.4 is 5.73 Å². The molecule has 0 aromatic heterocycles. The van der Waals surface area contributed by atoms with E-state index in [0.29, 0.717) is 43.4 Å². The second-order valence-electron chi connectivity index (χ2n) is 12.8. The summed E-state index contributed by atoms with van der Waals surface area (Å²) in [6.07, 6.45) is 12.0. The summed E-state index contributed by atoms with van der Waals surface area (Å²) in [4.78, 5) is 15.7. The first-order valence-electron chi connectivity index (χ1n) is 15.7. The minimum absolute atomic E-state index is 0.00638. The first-order chi connectivity index (χ1) is 18.2. The molecular weight excluding hydrogens is 480 g/mol. The van der Waals surface area contributed by atoms with Gasteiger partial charge in [-0.1, -0.05) is 40.0 Å². The number of ether oxygens (including phenoxy) is 4. The monoisotopic (exact) mass is 538 g/mol. The van der Waals surface area contributed by atoms with Crippen LogP contribution in [-0.2, 0) is 18.9 Å². The highest BCUT2D eigenvalue weighted by atomic mass is 16.6. The molecule has 2 N–H and O–H groups in total. The molecule has 0 aliphatic heterocycles. The van der Waals surface area contributed by atoms with E-state index in [0.717, 1.165) is 51.4 Å². The average Bonchev–Trinajstić information content (AvgIpc) is 2.87. The molecule has 38 heavy (non-hydrogen) atoms. The van der Waals surface area contributed by atoms with Crippen molar-refractivity contribution in [3.05, 3.63) is 0 Å². The maximum Gasteiger partial charge on any atom is 0.410 e. The van der Waals surface area contributed by atoms with E-state index in [2.05, 4.69) is 27.7 Å². The summed E-state index contributed by atoms with van der Waals surface area (Å²) >= 11 is 0. The van der Waals surface area contributed by atoms with Gasteiger partial charge in [-0.25, -0.2) is 4.79 Å². The Morgan fingerprint density at radius 2 is 1.63 bits per heavy atom. The van der Waals surface area contributed by atoms with Crippen LogP contribution in [0.2, 0.25) is 0 Å². The number of nitrogens with zero attached hydrogens (tertiary/aromatic N) is 1. The van der Waals surface area contributed by atoms with Crippen molar-refractivity contribution >= 4 is 6.09 Å². The largest absolute Gasteiger partial charge is 0.446 e. The predicted molar refractivity (Wildman–Crippen MR) is 152 cm³/mol. The van der Waals surface area contributed by atoms with Crippen molar-refractivity contribution in [2.45, 2.75) is 142 Å². The van der Waals surface area contributed by atoms with E-state index >= 15 is 0 Å². The van der Waals surface area contributed by atoms with E-state index in [1.165, 1.54) is 19.3 Å². The Hall–Kier alpha value is -0.890. The Morgan fingerprint density at radius 1 is 0.921 bits per heavy atom. The highest BCUT2D eigenvalue weighted by Crippen LogP contribution is 2.36. The molecule has 0 spiro atoms. The van der Waals surface area contributed by atoms with Crippen LogP contribution in [0.25, 0.3) is 0 Å². The molecule has 1 amide bonds. The number of nitrogens with two attached hydrogens (primary N) is 1. The number of rotatable bonds is 12. The Labute approximate surface area is 232 Å². The molecule has 3 saturated carbocycles. The molecule has 3 rings (SSSR count). The zero-order chi connectivity index (χ0) is 27.7. The van der Waals surface area contributed by atoms with Gasteiger partial charge in [0.25, 0.3) is 0 Å². The molecule has 3 fully saturated rings. The van der Waals surface area contributed by atoms with Gasteiger partial charge >= 0.3 is 6.09 Å². The molecule has 0 bridgehead atoms. The van der Waals surface area contributed by atoms with Gasteiger partial charge < -0.3 is 29.6 Å². The fourth-order valence-corrected chi connectivity index (χ4v) is 7.28. The van der Waals surface area contributed by atoms with Crippen LogP contribution in [0.4, 0.5) is 4.79 Å². The quantitative estimate of drug-likeness (QED) is 0.320. The predicted octanol–water partition coefficient (Wildman–Crippen LogP) is 6.17. The highest BCUT2D eigenvalue weighted by molar-refractivity contribution is 5.68. The summed E-state index contributed by atoms with van der Waals surface area (Å²) in [7, 11) is 1.75. The van der Waals surface area contributed by atoms with Crippen molar-refractivity contribution in [3.8, 4) is 0 Å². The molecule has 0 aromatic rings. The fraction of sp³-hybridized carbons (Fsp3) is 0.968. The summed E-state index contributed by atoms with van der Waals surface area (Å²) < 4.78 is 24.2. The van der Waals surface area contributed by atoms with Crippen molar-refractivity contribution < 1.29 is 23.7 Å². The first-order valence-corrected chi connectivity index (χ1v) is 15.7. The zero-order valence-electron chi connectivity index (χ0n) is 25.2. The lowest BCUT2D eigenvalue weighted by Crippen LogP contribution is -2.47. The van der Waals surface area contributed by atoms with E-state index in [9.17, 15) is 4.79 Å². The van der Waals surface area contributed by atoms with Crippen molar-refractivity contribution in [1.29, 1.82) is 0 Å². The minimum Gasteiger partial charge on any atom is -0.446 e. The van der Waals surface area contributed by atoms with Gasteiger partial charge in [0.1, 0.15) is 6.10 Å². The van der Waals surface area contributed by atoms with Gasteiger partial charge in [0.2, 0.25) is 0 Å². The lowest BCUT2D eigenvalue weighted by molar-refractivity contribution is -0.0937. The summed E-state index contributed by atoms with van der Waals surface area (Å²) in [6.45, 7) is 12.8. The van der Waals surface area contributed by atoms with Gasteiger partial charge in [-0.15, -0.1) is 0 Å². The lowest BCUT2D eigenvalue weighted by Gasteiger charge is -2.40. The number of carbonyl (C=O) groups excluding carboxylic acids is 1. The van der Waals surface area contributed by atoms with Gasteiger partial charge in [0.05, 0.1) is 24.9 Å². The van der Waals surface area contributed by atoms with Gasteiger partial charge in [-0.05, 0) is 88.9 Å². The highest BCUT2D eigenvalue weighted by Gasteiger charge is 2.36. The van der Waals surface area contributed by atoms with Crippen LogP contribution in [0.15, 0.2) is 0 Å². The molecule has 222 valence electrons. The molecular formula is C31H58N2O5. The van der Waals surface area contributed by atoms with E-state index in [4.69, 9.17) is 24.7 Å². The van der Waals surface area contributed by atoms with E-state index < -0.39 is 0 Å². The SMILES string of the molecule is CCOC1CCCCC1OCCN(C(=O)OC1C[C@H](C)CC[C@H]1C(C)C)[C@@H](C)CC1CCC(OC)C(N)C1.